The summed E-state index contributed by atoms with van der Waals surface area (Å²) in [4.78, 5) is 25.6. The molecule has 2 aromatic rings. The maximum atomic E-state index is 12.4. The topological polar surface area (TPSA) is 79.2 Å². The molecule has 8 nitrogen and oxygen atoms in total. The molecule has 1 amide bonds. The van der Waals surface area contributed by atoms with E-state index in [1.54, 1.807) is 17.2 Å². The molecule has 0 bridgehead atoms. The molecule has 1 N–H and O–H groups in total. The van der Waals surface area contributed by atoms with E-state index in [0.29, 0.717) is 6.54 Å². The highest BCUT2D eigenvalue weighted by Crippen LogP contribution is 2.23. The number of hydrogen-bond acceptors (Lipinski definition) is 6. The van der Waals surface area contributed by atoms with Crippen molar-refractivity contribution in [2.45, 2.75) is 32.2 Å². The lowest BCUT2D eigenvalue weighted by molar-refractivity contribution is -0.123. The number of nitrogens with zero attached hydrogens (tertiary/aromatic N) is 6. The third kappa shape index (κ3) is 3.88. The van der Waals surface area contributed by atoms with Gasteiger partial charge >= 0.3 is 0 Å². The first-order chi connectivity index (χ1) is 13.0. The number of fused-ring (bicyclic) bond motifs is 1. The van der Waals surface area contributed by atoms with Gasteiger partial charge in [0.25, 0.3) is 0 Å². The minimum atomic E-state index is -0.536. The standard InChI is InChI=1S/C19H27N7O/c1-5-19(6-2,7-3)23-16(27)13-25-8-10-26(11-9-25)18-15-12-22-24(4)17(15)20-14-21-18/h1,12,14H,6-11,13H2,2-4H3,(H,23,27). The van der Waals surface area contributed by atoms with Gasteiger partial charge < -0.3 is 10.2 Å². The third-order valence-electron chi connectivity index (χ3n) is 5.41. The van der Waals surface area contributed by atoms with E-state index in [4.69, 9.17) is 6.42 Å². The number of hydrogen-bond donors (Lipinski definition) is 1. The van der Waals surface area contributed by atoms with Crippen molar-refractivity contribution in [3.8, 4) is 12.3 Å². The molecule has 1 aliphatic rings. The molecule has 1 aliphatic heterocycles. The van der Waals surface area contributed by atoms with E-state index < -0.39 is 5.54 Å². The van der Waals surface area contributed by atoms with Crippen LogP contribution < -0.4 is 10.2 Å². The van der Waals surface area contributed by atoms with E-state index in [-0.39, 0.29) is 5.91 Å². The summed E-state index contributed by atoms with van der Waals surface area (Å²) < 4.78 is 1.75. The fourth-order valence-electron chi connectivity index (χ4n) is 3.50. The van der Waals surface area contributed by atoms with E-state index in [0.717, 1.165) is 55.9 Å². The predicted molar refractivity (Wildman–Crippen MR) is 105 cm³/mol. The third-order valence-corrected chi connectivity index (χ3v) is 5.41. The molecule has 0 radical (unpaired) electrons. The van der Waals surface area contributed by atoms with Gasteiger partial charge in [-0.2, -0.15) is 5.10 Å². The number of carbonyl (C=O) groups excluding carboxylic acids is 1. The van der Waals surface area contributed by atoms with E-state index in [1.165, 1.54) is 0 Å². The zero-order valence-corrected chi connectivity index (χ0v) is 16.3. The van der Waals surface area contributed by atoms with Gasteiger partial charge in [0, 0.05) is 33.2 Å². The van der Waals surface area contributed by atoms with Crippen molar-refractivity contribution in [3.05, 3.63) is 12.5 Å². The van der Waals surface area contributed by atoms with Gasteiger partial charge in [-0.1, -0.05) is 19.8 Å². The van der Waals surface area contributed by atoms with Crippen LogP contribution in [0.3, 0.4) is 0 Å². The molecule has 3 heterocycles. The summed E-state index contributed by atoms with van der Waals surface area (Å²) in [5.41, 5.74) is 0.290. The minimum absolute atomic E-state index is 0.0122. The molecule has 3 rings (SSSR count). The Morgan fingerprint density at radius 3 is 2.59 bits per heavy atom. The number of anilines is 1. The molecule has 1 fully saturated rings. The van der Waals surface area contributed by atoms with Crippen molar-refractivity contribution < 1.29 is 4.79 Å². The first kappa shape index (κ1) is 19.1. The Morgan fingerprint density at radius 2 is 1.96 bits per heavy atom. The fraction of sp³-hybridized carbons (Fsp3) is 0.579. The minimum Gasteiger partial charge on any atom is -0.353 e. The molecule has 2 aromatic heterocycles. The Labute approximate surface area is 159 Å². The van der Waals surface area contributed by atoms with Gasteiger partial charge in [-0.25, -0.2) is 9.97 Å². The van der Waals surface area contributed by atoms with Crippen LogP contribution in [0.2, 0.25) is 0 Å². The Balaban J connectivity index is 1.59. The molecule has 0 aromatic carbocycles. The lowest BCUT2D eigenvalue weighted by Crippen LogP contribution is -2.53. The number of aryl methyl sites for hydroxylation is 1. The molecule has 27 heavy (non-hydrogen) atoms. The quantitative estimate of drug-likeness (QED) is 0.759. The summed E-state index contributed by atoms with van der Waals surface area (Å²) in [6.45, 7) is 7.56. The number of amides is 1. The predicted octanol–water partition coefficient (Wildman–Crippen LogP) is 0.794. The number of nitrogens with one attached hydrogen (secondary N) is 1. The second-order valence-electron chi connectivity index (χ2n) is 6.95. The number of rotatable bonds is 6. The SMILES string of the molecule is C#CC(CC)(CC)NC(=O)CN1CCN(c2ncnc3c2cnn3C)CC1. The summed E-state index contributed by atoms with van der Waals surface area (Å²) in [5, 5.41) is 8.26. The maximum Gasteiger partial charge on any atom is 0.235 e. The van der Waals surface area contributed by atoms with Crippen molar-refractivity contribution in [2.24, 2.45) is 7.05 Å². The summed E-state index contributed by atoms with van der Waals surface area (Å²) in [6.07, 6.45) is 10.5. The van der Waals surface area contributed by atoms with Crippen LogP contribution in [0.1, 0.15) is 26.7 Å². The highest BCUT2D eigenvalue weighted by molar-refractivity contribution is 5.86. The average molecular weight is 369 g/mol. The van der Waals surface area contributed by atoms with Crippen LogP contribution in [-0.2, 0) is 11.8 Å². The van der Waals surface area contributed by atoms with Crippen molar-refractivity contribution in [3.63, 3.8) is 0 Å². The molecular weight excluding hydrogens is 342 g/mol. The van der Waals surface area contributed by atoms with E-state index in [2.05, 4.69) is 36.1 Å². The second kappa shape index (κ2) is 7.92. The lowest BCUT2D eigenvalue weighted by Gasteiger charge is -2.36. The van der Waals surface area contributed by atoms with Gasteiger partial charge in [-0.3, -0.25) is 14.4 Å². The van der Waals surface area contributed by atoms with Crippen molar-refractivity contribution in [2.75, 3.05) is 37.6 Å². The monoisotopic (exact) mass is 369 g/mol. The van der Waals surface area contributed by atoms with Gasteiger partial charge in [0.15, 0.2) is 5.65 Å². The Bertz CT molecular complexity index is 841. The molecular formula is C19H27N7O. The second-order valence-corrected chi connectivity index (χ2v) is 6.95. The zero-order chi connectivity index (χ0) is 19.4. The number of terminal acetylenes is 1. The van der Waals surface area contributed by atoms with Gasteiger partial charge in [-0.05, 0) is 12.8 Å². The molecule has 0 atom stereocenters. The summed E-state index contributed by atoms with van der Waals surface area (Å²) in [6, 6.07) is 0. The van der Waals surface area contributed by atoms with Gasteiger partial charge in [0.05, 0.1) is 18.1 Å². The van der Waals surface area contributed by atoms with E-state index >= 15 is 0 Å². The van der Waals surface area contributed by atoms with Crippen LogP contribution >= 0.6 is 0 Å². The molecule has 0 spiro atoms. The molecule has 0 aliphatic carbocycles. The van der Waals surface area contributed by atoms with E-state index in [1.807, 2.05) is 20.9 Å². The van der Waals surface area contributed by atoms with Crippen molar-refractivity contribution in [1.29, 1.82) is 0 Å². The zero-order valence-electron chi connectivity index (χ0n) is 16.3. The maximum absolute atomic E-state index is 12.4. The molecule has 144 valence electrons. The summed E-state index contributed by atoms with van der Waals surface area (Å²) in [7, 11) is 1.87. The molecule has 8 heteroatoms. The van der Waals surface area contributed by atoms with Crippen molar-refractivity contribution in [1.82, 2.24) is 30.0 Å². The van der Waals surface area contributed by atoms with Crippen LogP contribution in [0.5, 0.6) is 0 Å². The number of aromatic nitrogens is 4. The van der Waals surface area contributed by atoms with Crippen LogP contribution in [0.4, 0.5) is 5.82 Å². The van der Waals surface area contributed by atoms with Gasteiger partial charge in [-0.15, -0.1) is 6.42 Å². The number of carbonyl (C=O) groups is 1. The highest BCUT2D eigenvalue weighted by Gasteiger charge is 2.27. The Morgan fingerprint density at radius 1 is 1.26 bits per heavy atom. The van der Waals surface area contributed by atoms with Crippen LogP contribution in [0.25, 0.3) is 11.0 Å². The largest absolute Gasteiger partial charge is 0.353 e. The highest BCUT2D eigenvalue weighted by atomic mass is 16.2. The first-order valence-electron chi connectivity index (χ1n) is 9.40. The molecule has 0 saturated carbocycles. The lowest BCUT2D eigenvalue weighted by atomic mass is 9.94. The van der Waals surface area contributed by atoms with Crippen LogP contribution in [0.15, 0.2) is 12.5 Å². The van der Waals surface area contributed by atoms with Crippen LogP contribution in [-0.4, -0.2) is 68.8 Å². The van der Waals surface area contributed by atoms with Gasteiger partial charge in [0.2, 0.25) is 5.91 Å². The normalized spacial score (nSPS) is 15.7. The van der Waals surface area contributed by atoms with Crippen LogP contribution in [0, 0.1) is 12.3 Å². The molecule has 0 unspecified atom stereocenters. The fourth-order valence-corrected chi connectivity index (χ4v) is 3.50. The summed E-state index contributed by atoms with van der Waals surface area (Å²) >= 11 is 0. The average Bonchev–Trinajstić information content (AvgIpc) is 3.08. The van der Waals surface area contributed by atoms with E-state index in [9.17, 15) is 4.79 Å². The Hall–Kier alpha value is -2.66. The van der Waals surface area contributed by atoms with Gasteiger partial charge in [0.1, 0.15) is 17.7 Å². The summed E-state index contributed by atoms with van der Waals surface area (Å²) in [5.74, 6) is 3.64. The van der Waals surface area contributed by atoms with Crippen molar-refractivity contribution >= 4 is 22.8 Å². The smallest absolute Gasteiger partial charge is 0.235 e. The molecule has 1 saturated heterocycles. The first-order valence-corrected chi connectivity index (χ1v) is 9.40. The Kier molecular flexibility index (Phi) is 5.61. The number of piperazine rings is 1.